The van der Waals surface area contributed by atoms with Crippen LogP contribution < -0.4 is 10.1 Å². The van der Waals surface area contributed by atoms with Crippen molar-refractivity contribution in [2.75, 3.05) is 5.32 Å². The minimum atomic E-state index is -0.429. The molecule has 32 heavy (non-hydrogen) atoms. The predicted octanol–water partition coefficient (Wildman–Crippen LogP) is 7.19. The highest BCUT2D eigenvalue weighted by molar-refractivity contribution is 9.10. The predicted molar refractivity (Wildman–Crippen MR) is 131 cm³/mol. The summed E-state index contributed by atoms with van der Waals surface area (Å²) in [5, 5.41) is 8.27. The first-order valence-electron chi connectivity index (χ1n) is 9.33. The number of rotatable bonds is 7. The van der Waals surface area contributed by atoms with Gasteiger partial charge >= 0.3 is 0 Å². The van der Waals surface area contributed by atoms with Crippen LogP contribution in [0.25, 0.3) is 0 Å². The van der Waals surface area contributed by atoms with Gasteiger partial charge in [-0.05, 0) is 57.9 Å². The summed E-state index contributed by atoms with van der Waals surface area (Å²) in [5.74, 6) is 1.08. The van der Waals surface area contributed by atoms with E-state index < -0.39 is 5.91 Å². The third kappa shape index (κ3) is 5.56. The molecule has 0 saturated carbocycles. The zero-order valence-electron chi connectivity index (χ0n) is 16.3. The first-order chi connectivity index (χ1) is 15.4. The number of benzene rings is 2. The lowest BCUT2D eigenvalue weighted by Gasteiger charge is -2.06. The Balaban J connectivity index is 1.39. The zero-order valence-corrected chi connectivity index (χ0v) is 21.0. The molecule has 6 nitrogen and oxygen atoms in total. The Bertz CT molecular complexity index is 1270. The Morgan fingerprint density at radius 3 is 2.69 bits per heavy atom. The second kappa shape index (κ2) is 10.1. The maximum absolute atomic E-state index is 12.6. The Morgan fingerprint density at radius 1 is 1.09 bits per heavy atom. The van der Waals surface area contributed by atoms with E-state index in [1.165, 1.54) is 0 Å². The molecule has 0 saturated heterocycles. The van der Waals surface area contributed by atoms with Crippen LogP contribution in [-0.2, 0) is 13.2 Å². The van der Waals surface area contributed by atoms with Gasteiger partial charge in [-0.15, -0.1) is 0 Å². The maximum atomic E-state index is 12.6. The summed E-state index contributed by atoms with van der Waals surface area (Å²) in [6, 6.07) is 16.1. The maximum Gasteiger partial charge on any atom is 0.292 e. The molecular formula is C22H15Br2Cl2N3O3. The lowest BCUT2D eigenvalue weighted by molar-refractivity contribution is 0.0992. The molecule has 0 spiro atoms. The number of carbonyl (C=O) groups is 1. The van der Waals surface area contributed by atoms with Gasteiger partial charge in [0.15, 0.2) is 11.6 Å². The van der Waals surface area contributed by atoms with Crippen molar-refractivity contribution in [3.8, 4) is 5.75 Å². The highest BCUT2D eigenvalue weighted by atomic mass is 79.9. The van der Waals surface area contributed by atoms with Crippen LogP contribution >= 0.6 is 55.1 Å². The van der Waals surface area contributed by atoms with Gasteiger partial charge in [-0.3, -0.25) is 9.48 Å². The van der Waals surface area contributed by atoms with E-state index in [0.29, 0.717) is 38.4 Å². The van der Waals surface area contributed by atoms with E-state index in [4.69, 9.17) is 32.4 Å². The van der Waals surface area contributed by atoms with Gasteiger partial charge in [0.25, 0.3) is 5.91 Å². The number of carbonyl (C=O) groups excluding carboxylic acids is 1. The Hall–Kier alpha value is -2.26. The third-order valence-corrected chi connectivity index (χ3v) is 6.13. The monoisotopic (exact) mass is 597 g/mol. The molecule has 2 heterocycles. The minimum Gasteiger partial charge on any atom is -0.484 e. The second-order valence-corrected chi connectivity index (χ2v) is 9.28. The van der Waals surface area contributed by atoms with Crippen LogP contribution in [0.3, 0.4) is 0 Å². The lowest BCUT2D eigenvalue weighted by Crippen LogP contribution is -2.12. The number of hydrogen-bond donors (Lipinski definition) is 1. The van der Waals surface area contributed by atoms with Crippen molar-refractivity contribution in [2.24, 2.45) is 0 Å². The fourth-order valence-corrected chi connectivity index (χ4v) is 4.19. The number of ether oxygens (including phenoxy) is 1. The van der Waals surface area contributed by atoms with Crippen LogP contribution in [0.4, 0.5) is 5.82 Å². The van der Waals surface area contributed by atoms with Gasteiger partial charge in [-0.1, -0.05) is 57.3 Å². The molecule has 2 aromatic heterocycles. The Labute approximate surface area is 210 Å². The molecule has 4 aromatic rings. The molecule has 0 unspecified atom stereocenters. The molecule has 10 heteroatoms. The average Bonchev–Trinajstić information content (AvgIpc) is 3.36. The molecule has 1 N–H and O–H groups in total. The molecule has 0 atom stereocenters. The molecule has 0 fully saturated rings. The molecule has 2 aromatic carbocycles. The molecule has 0 aliphatic heterocycles. The molecule has 1 amide bonds. The van der Waals surface area contributed by atoms with Gasteiger partial charge in [0.1, 0.15) is 18.1 Å². The van der Waals surface area contributed by atoms with Gasteiger partial charge in [0, 0.05) is 15.7 Å². The molecular weight excluding hydrogens is 585 g/mol. The van der Waals surface area contributed by atoms with Crippen molar-refractivity contribution in [3.63, 3.8) is 0 Å². The van der Waals surface area contributed by atoms with E-state index >= 15 is 0 Å². The van der Waals surface area contributed by atoms with E-state index in [-0.39, 0.29) is 12.4 Å². The highest BCUT2D eigenvalue weighted by Crippen LogP contribution is 2.29. The number of anilines is 1. The van der Waals surface area contributed by atoms with Gasteiger partial charge in [-0.25, -0.2) is 0 Å². The van der Waals surface area contributed by atoms with Crippen molar-refractivity contribution in [2.45, 2.75) is 13.2 Å². The topological polar surface area (TPSA) is 69.3 Å². The quantitative estimate of drug-likeness (QED) is 0.244. The van der Waals surface area contributed by atoms with E-state index in [9.17, 15) is 4.79 Å². The summed E-state index contributed by atoms with van der Waals surface area (Å²) >= 11 is 19.1. The van der Waals surface area contributed by atoms with Crippen molar-refractivity contribution < 1.29 is 13.9 Å². The van der Waals surface area contributed by atoms with Crippen LogP contribution in [0.15, 0.2) is 74.2 Å². The number of nitrogens with one attached hydrogen (secondary N) is 1. The largest absolute Gasteiger partial charge is 0.484 e. The summed E-state index contributed by atoms with van der Waals surface area (Å²) < 4.78 is 14.4. The second-order valence-electron chi connectivity index (χ2n) is 6.70. The molecule has 164 valence electrons. The molecule has 4 rings (SSSR count). The molecule has 0 aliphatic rings. The molecule has 0 radical (unpaired) electrons. The standard InChI is InChI=1S/C22H15Br2Cl2N3O3/c23-14-5-7-19(18(26)9-14)31-12-15-6-8-20(32-15)22(30)27-21-16(24)11-29(28-21)10-13-3-1-2-4-17(13)25/h1-9,11H,10,12H2,(H,27,28,30). The van der Waals surface area contributed by atoms with Crippen LogP contribution in [0.1, 0.15) is 21.9 Å². The number of nitrogens with zero attached hydrogens (tertiary/aromatic N) is 2. The lowest BCUT2D eigenvalue weighted by atomic mass is 10.2. The van der Waals surface area contributed by atoms with Crippen LogP contribution in [-0.4, -0.2) is 15.7 Å². The van der Waals surface area contributed by atoms with Crippen molar-refractivity contribution in [3.05, 3.63) is 96.9 Å². The van der Waals surface area contributed by atoms with Crippen LogP contribution in [0, 0.1) is 0 Å². The summed E-state index contributed by atoms with van der Waals surface area (Å²) in [4.78, 5) is 12.6. The summed E-state index contributed by atoms with van der Waals surface area (Å²) in [6.07, 6.45) is 1.77. The van der Waals surface area contributed by atoms with Crippen LogP contribution in [0.2, 0.25) is 10.0 Å². The first kappa shape index (κ1) is 22.9. The molecule has 0 bridgehead atoms. The third-order valence-electron chi connectivity index (χ3n) is 4.39. The zero-order chi connectivity index (χ0) is 22.7. The molecule has 0 aliphatic carbocycles. The number of halogens is 4. The van der Waals surface area contributed by atoms with Crippen LogP contribution in [0.5, 0.6) is 5.75 Å². The van der Waals surface area contributed by atoms with E-state index in [1.54, 1.807) is 35.1 Å². The van der Waals surface area contributed by atoms with Crippen molar-refractivity contribution >= 4 is 66.8 Å². The normalized spacial score (nSPS) is 10.9. The van der Waals surface area contributed by atoms with E-state index in [0.717, 1.165) is 10.0 Å². The Morgan fingerprint density at radius 2 is 1.91 bits per heavy atom. The van der Waals surface area contributed by atoms with Gasteiger partial charge in [0.05, 0.1) is 16.0 Å². The minimum absolute atomic E-state index is 0.130. The highest BCUT2D eigenvalue weighted by Gasteiger charge is 2.16. The number of aromatic nitrogens is 2. The van der Waals surface area contributed by atoms with Gasteiger partial charge in [0.2, 0.25) is 0 Å². The first-order valence-corrected chi connectivity index (χ1v) is 11.7. The summed E-state index contributed by atoms with van der Waals surface area (Å²) in [6.45, 7) is 0.597. The smallest absolute Gasteiger partial charge is 0.292 e. The van der Waals surface area contributed by atoms with Gasteiger partial charge in [-0.2, -0.15) is 5.10 Å². The average molecular weight is 600 g/mol. The fraction of sp³-hybridized carbons (Fsp3) is 0.0909. The van der Waals surface area contributed by atoms with Crippen molar-refractivity contribution in [1.82, 2.24) is 9.78 Å². The Kier molecular flexibility index (Phi) is 7.25. The van der Waals surface area contributed by atoms with Gasteiger partial charge < -0.3 is 14.5 Å². The number of hydrogen-bond acceptors (Lipinski definition) is 4. The van der Waals surface area contributed by atoms with E-state index in [2.05, 4.69) is 42.3 Å². The summed E-state index contributed by atoms with van der Waals surface area (Å²) in [5.41, 5.74) is 0.920. The SMILES string of the molecule is O=C(Nc1nn(Cc2ccccc2Cl)cc1Br)c1ccc(COc2ccc(Br)cc2Cl)o1. The van der Waals surface area contributed by atoms with Crippen molar-refractivity contribution in [1.29, 1.82) is 0 Å². The van der Waals surface area contributed by atoms with E-state index in [1.807, 2.05) is 30.3 Å². The number of amides is 1. The summed E-state index contributed by atoms with van der Waals surface area (Å²) in [7, 11) is 0. The number of furan rings is 1. The fourth-order valence-electron chi connectivity index (χ4n) is 2.85.